The molecule has 2 aliphatic heterocycles. The molecule has 4 rings (SSSR count). The van der Waals surface area contributed by atoms with Gasteiger partial charge in [-0.15, -0.1) is 0 Å². The van der Waals surface area contributed by atoms with E-state index in [1.807, 2.05) is 9.80 Å². The average Bonchev–Trinajstić information content (AvgIpc) is 3.31. The second-order valence-corrected chi connectivity index (χ2v) is 8.23. The highest BCUT2D eigenvalue weighted by molar-refractivity contribution is 5.86. The van der Waals surface area contributed by atoms with Gasteiger partial charge in [-0.1, -0.05) is 25.0 Å². The summed E-state index contributed by atoms with van der Waals surface area (Å²) in [4.78, 5) is 29.8. The van der Waals surface area contributed by atoms with Crippen molar-refractivity contribution in [1.82, 2.24) is 9.80 Å². The van der Waals surface area contributed by atoms with E-state index in [0.717, 1.165) is 57.1 Å². The molecule has 1 unspecified atom stereocenters. The number of nitrogens with zero attached hydrogens (tertiary/aromatic N) is 2. The molecule has 3 aliphatic rings. The second-order valence-electron chi connectivity index (χ2n) is 8.23. The fourth-order valence-electron chi connectivity index (χ4n) is 4.98. The summed E-state index contributed by atoms with van der Waals surface area (Å²) in [5.74, 6) is 0.365. The lowest BCUT2D eigenvalue weighted by Crippen LogP contribution is -2.50. The van der Waals surface area contributed by atoms with Crippen LogP contribution in [0.2, 0.25) is 0 Å². The third kappa shape index (κ3) is 3.24. The molecular formula is C21H27FN2O2. The highest BCUT2D eigenvalue weighted by Crippen LogP contribution is 2.41. The zero-order chi connectivity index (χ0) is 18.1. The lowest BCUT2D eigenvalue weighted by Gasteiger charge is -2.39. The van der Waals surface area contributed by atoms with Crippen molar-refractivity contribution in [1.29, 1.82) is 0 Å². The van der Waals surface area contributed by atoms with Crippen LogP contribution in [-0.2, 0) is 16.1 Å². The van der Waals surface area contributed by atoms with Crippen molar-refractivity contribution in [3.63, 3.8) is 0 Å². The van der Waals surface area contributed by atoms with Crippen molar-refractivity contribution in [2.24, 2.45) is 11.3 Å². The smallest absolute Gasteiger partial charge is 0.230 e. The minimum Gasteiger partial charge on any atom is -0.341 e. The van der Waals surface area contributed by atoms with Gasteiger partial charge in [-0.2, -0.15) is 0 Å². The molecule has 1 aliphatic carbocycles. The third-order valence-electron chi connectivity index (χ3n) is 6.48. The number of benzene rings is 1. The quantitative estimate of drug-likeness (QED) is 0.831. The van der Waals surface area contributed by atoms with Gasteiger partial charge in [0, 0.05) is 32.1 Å². The van der Waals surface area contributed by atoms with E-state index in [1.54, 1.807) is 12.1 Å². The molecule has 5 heteroatoms. The summed E-state index contributed by atoms with van der Waals surface area (Å²) in [6.07, 6.45) is 6.95. The molecule has 1 aromatic rings. The number of carbonyl (C=O) groups excluding carboxylic acids is 2. The number of piperidine rings is 1. The Morgan fingerprint density at radius 3 is 2.54 bits per heavy atom. The molecule has 0 bridgehead atoms. The summed E-state index contributed by atoms with van der Waals surface area (Å²) in [6, 6.07) is 6.37. The van der Waals surface area contributed by atoms with Gasteiger partial charge in [0.1, 0.15) is 5.82 Å². The first-order valence-corrected chi connectivity index (χ1v) is 9.90. The van der Waals surface area contributed by atoms with Gasteiger partial charge in [0.05, 0.1) is 5.41 Å². The summed E-state index contributed by atoms with van der Waals surface area (Å²) in [5, 5.41) is 0. The maximum Gasteiger partial charge on any atom is 0.230 e. The van der Waals surface area contributed by atoms with Gasteiger partial charge in [0.25, 0.3) is 0 Å². The number of halogens is 1. The molecule has 1 atom stereocenters. The van der Waals surface area contributed by atoms with Crippen LogP contribution in [-0.4, -0.2) is 41.2 Å². The first-order chi connectivity index (χ1) is 12.6. The van der Waals surface area contributed by atoms with Gasteiger partial charge in [-0.3, -0.25) is 9.59 Å². The number of carbonyl (C=O) groups is 2. The van der Waals surface area contributed by atoms with Crippen LogP contribution < -0.4 is 0 Å². The van der Waals surface area contributed by atoms with Crippen molar-refractivity contribution < 1.29 is 14.0 Å². The van der Waals surface area contributed by atoms with Crippen LogP contribution >= 0.6 is 0 Å². The highest BCUT2D eigenvalue weighted by atomic mass is 19.1. The molecule has 140 valence electrons. The molecule has 1 saturated carbocycles. The van der Waals surface area contributed by atoms with Crippen molar-refractivity contribution in [2.75, 3.05) is 19.6 Å². The number of amides is 2. The molecule has 0 N–H and O–H groups in total. The van der Waals surface area contributed by atoms with Crippen LogP contribution in [0.3, 0.4) is 0 Å². The van der Waals surface area contributed by atoms with E-state index < -0.39 is 5.41 Å². The largest absolute Gasteiger partial charge is 0.341 e. The normalized spacial score (nSPS) is 26.9. The Hall–Kier alpha value is -1.91. The van der Waals surface area contributed by atoms with Crippen LogP contribution in [0.15, 0.2) is 24.3 Å². The van der Waals surface area contributed by atoms with Gasteiger partial charge >= 0.3 is 0 Å². The Labute approximate surface area is 154 Å². The lowest BCUT2D eigenvalue weighted by atomic mass is 9.78. The maximum atomic E-state index is 13.2. The molecule has 1 aromatic carbocycles. The van der Waals surface area contributed by atoms with Crippen LogP contribution in [0.4, 0.5) is 4.39 Å². The Kier molecular flexibility index (Phi) is 4.72. The van der Waals surface area contributed by atoms with E-state index in [1.165, 1.54) is 12.1 Å². The number of hydrogen-bond acceptors (Lipinski definition) is 2. The van der Waals surface area contributed by atoms with Gasteiger partial charge < -0.3 is 9.80 Å². The summed E-state index contributed by atoms with van der Waals surface area (Å²) in [5.41, 5.74) is 0.556. The van der Waals surface area contributed by atoms with E-state index in [9.17, 15) is 14.0 Å². The first-order valence-electron chi connectivity index (χ1n) is 9.90. The molecule has 0 aromatic heterocycles. The van der Waals surface area contributed by atoms with Crippen LogP contribution in [0.25, 0.3) is 0 Å². The van der Waals surface area contributed by atoms with Crippen LogP contribution in [0.1, 0.15) is 50.5 Å². The minimum absolute atomic E-state index is 0.176. The van der Waals surface area contributed by atoms with Crippen molar-refractivity contribution >= 4 is 11.8 Å². The Balaban J connectivity index is 1.44. The summed E-state index contributed by atoms with van der Waals surface area (Å²) >= 11 is 0. The average molecular weight is 358 g/mol. The molecule has 2 heterocycles. The number of rotatable bonds is 3. The van der Waals surface area contributed by atoms with E-state index >= 15 is 0 Å². The Morgan fingerprint density at radius 2 is 1.81 bits per heavy atom. The molecule has 3 fully saturated rings. The van der Waals surface area contributed by atoms with Crippen molar-refractivity contribution in [2.45, 2.75) is 51.5 Å². The van der Waals surface area contributed by atoms with Crippen molar-refractivity contribution in [3.8, 4) is 0 Å². The van der Waals surface area contributed by atoms with Gasteiger partial charge in [0.2, 0.25) is 11.8 Å². The molecule has 4 nitrogen and oxygen atoms in total. The fourth-order valence-corrected chi connectivity index (χ4v) is 4.98. The predicted molar refractivity (Wildman–Crippen MR) is 96.6 cm³/mol. The van der Waals surface area contributed by atoms with Gasteiger partial charge in [-0.05, 0) is 49.8 Å². The number of hydrogen-bond donors (Lipinski definition) is 0. The summed E-state index contributed by atoms with van der Waals surface area (Å²) < 4.78 is 13.1. The monoisotopic (exact) mass is 358 g/mol. The maximum absolute atomic E-state index is 13.2. The standard InChI is InChI=1S/C21H27FN2O2/c22-18-8-6-16(7-9-18)14-23-12-3-10-21(20(23)26)11-13-24(15-21)19(25)17-4-1-2-5-17/h6-9,17H,1-5,10-15H2. The molecule has 1 spiro atoms. The topological polar surface area (TPSA) is 40.6 Å². The van der Waals surface area contributed by atoms with Crippen LogP contribution in [0, 0.1) is 17.2 Å². The van der Waals surface area contributed by atoms with Crippen LogP contribution in [0.5, 0.6) is 0 Å². The molecular weight excluding hydrogens is 331 g/mol. The molecule has 2 saturated heterocycles. The molecule has 26 heavy (non-hydrogen) atoms. The highest BCUT2D eigenvalue weighted by Gasteiger charge is 2.49. The second kappa shape index (κ2) is 7.01. The Morgan fingerprint density at radius 1 is 1.08 bits per heavy atom. The number of likely N-dealkylation sites (tertiary alicyclic amines) is 2. The Bertz CT molecular complexity index is 684. The zero-order valence-corrected chi connectivity index (χ0v) is 15.3. The molecule has 0 radical (unpaired) electrons. The zero-order valence-electron chi connectivity index (χ0n) is 15.3. The van der Waals surface area contributed by atoms with Gasteiger partial charge in [0.15, 0.2) is 0 Å². The summed E-state index contributed by atoms with van der Waals surface area (Å²) in [6.45, 7) is 2.57. The van der Waals surface area contributed by atoms with E-state index in [2.05, 4.69) is 0 Å². The van der Waals surface area contributed by atoms with E-state index in [-0.39, 0.29) is 23.5 Å². The fraction of sp³-hybridized carbons (Fsp3) is 0.619. The van der Waals surface area contributed by atoms with E-state index in [0.29, 0.717) is 19.6 Å². The SMILES string of the molecule is O=C(C1CCCC1)N1CCC2(CCCN(Cc3ccc(F)cc3)C2=O)C1. The predicted octanol–water partition coefficient (Wildman–Crippen LogP) is 3.36. The molecule has 2 amide bonds. The van der Waals surface area contributed by atoms with E-state index in [4.69, 9.17) is 0 Å². The van der Waals surface area contributed by atoms with Crippen molar-refractivity contribution in [3.05, 3.63) is 35.6 Å². The first kappa shape index (κ1) is 17.5. The minimum atomic E-state index is -0.396. The summed E-state index contributed by atoms with van der Waals surface area (Å²) in [7, 11) is 0. The third-order valence-corrected chi connectivity index (χ3v) is 6.48. The lowest BCUT2D eigenvalue weighted by molar-refractivity contribution is -0.147. The van der Waals surface area contributed by atoms with Gasteiger partial charge in [-0.25, -0.2) is 4.39 Å².